The Labute approximate surface area is 195 Å². The molecule has 0 heterocycles. The second-order valence-corrected chi connectivity index (χ2v) is 5.00. The second kappa shape index (κ2) is 10.2. The predicted octanol–water partition coefficient (Wildman–Crippen LogP) is -3.94. The maximum Gasteiger partial charge on any atom is 2.00 e. The summed E-state index contributed by atoms with van der Waals surface area (Å²) in [7, 11) is 0. The van der Waals surface area contributed by atoms with Gasteiger partial charge in [0.25, 0.3) is 0 Å². The zero-order valence-corrected chi connectivity index (χ0v) is 16.9. The number of carboxylic acid groups (broad SMARTS) is 4. The topological polar surface area (TPSA) is 178 Å². The number of ketones is 1. The van der Waals surface area contributed by atoms with Crippen molar-refractivity contribution in [2.24, 2.45) is 0 Å². The van der Waals surface area contributed by atoms with Gasteiger partial charge in [-0.3, -0.25) is 4.79 Å². The van der Waals surface area contributed by atoms with Gasteiger partial charge in [0.05, 0.1) is 23.9 Å². The van der Waals surface area contributed by atoms with Crippen molar-refractivity contribution in [1.29, 1.82) is 0 Å². The fourth-order valence-electron chi connectivity index (χ4n) is 2.23. The van der Waals surface area contributed by atoms with Crippen molar-refractivity contribution < 1.29 is 50.1 Å². The van der Waals surface area contributed by atoms with E-state index in [2.05, 4.69) is 0 Å². The van der Waals surface area contributed by atoms with E-state index in [1.165, 1.54) is 0 Å². The van der Waals surface area contributed by atoms with E-state index < -0.39 is 51.9 Å². The van der Waals surface area contributed by atoms with E-state index in [1.54, 1.807) is 0 Å². The van der Waals surface area contributed by atoms with Gasteiger partial charge in [-0.15, -0.1) is 0 Å². The molecule has 28 heavy (non-hydrogen) atoms. The molecule has 140 valence electrons. The predicted molar refractivity (Wildman–Crippen MR) is 89.6 cm³/mol. The number of rotatable bonds is 6. The summed E-state index contributed by atoms with van der Waals surface area (Å²) in [5, 5.41) is 43.8. The molecule has 0 bridgehead atoms. The fraction of sp³-hybridized carbons (Fsp3) is 0. The molecule has 0 fully saturated rings. The van der Waals surface area contributed by atoms with E-state index in [4.69, 9.17) is 0 Å². The number of carbonyl (C=O) groups is 5. The van der Waals surface area contributed by atoms with Crippen LogP contribution in [0.4, 0.5) is 0 Å². The molecule has 0 aliphatic heterocycles. The van der Waals surface area contributed by atoms with Crippen LogP contribution < -0.4 is 20.4 Å². The van der Waals surface area contributed by atoms with Crippen LogP contribution in [0.1, 0.15) is 63.1 Å². The molecular weight excluding hydrogens is 397 g/mol. The minimum Gasteiger partial charge on any atom is -1.00 e. The van der Waals surface area contributed by atoms with Crippen LogP contribution in [-0.4, -0.2) is 75.8 Å². The number of benzene rings is 2. The first kappa shape index (κ1) is 25.5. The third kappa shape index (κ3) is 5.28. The molecule has 2 aromatic carbocycles. The molecule has 0 amide bonds. The Kier molecular flexibility index (Phi) is 9.27. The van der Waals surface area contributed by atoms with Gasteiger partial charge in [-0.05, 0) is 12.1 Å². The maximum absolute atomic E-state index is 12.4. The zero-order chi connectivity index (χ0) is 19.6. The first-order chi connectivity index (χ1) is 12.1. The van der Waals surface area contributed by atoms with Gasteiger partial charge in [0.2, 0.25) is 0 Å². The SMILES string of the molecule is O=C(c1ccc(C(=O)[O-])c(C(=O)[O-])c1)c1ccc(C(=O)[O-])c(C(=O)[O-])c1.[H-].[H-].[H-].[H-].[Mg+2].[Mg+2]. The van der Waals surface area contributed by atoms with Crippen molar-refractivity contribution in [2.45, 2.75) is 0 Å². The van der Waals surface area contributed by atoms with Crippen LogP contribution in [0.5, 0.6) is 0 Å². The maximum atomic E-state index is 12.4. The molecule has 11 heteroatoms. The van der Waals surface area contributed by atoms with Crippen molar-refractivity contribution in [3.63, 3.8) is 0 Å². The van der Waals surface area contributed by atoms with Gasteiger partial charge in [-0.25, -0.2) is 0 Å². The first-order valence-corrected chi connectivity index (χ1v) is 6.81. The van der Waals surface area contributed by atoms with E-state index in [1.807, 2.05) is 0 Å². The molecule has 0 aliphatic carbocycles. The number of carbonyl (C=O) groups excluding carboxylic acids is 5. The molecule has 0 atom stereocenters. The molecule has 0 saturated heterocycles. The normalized spacial score (nSPS) is 9.43. The second-order valence-electron chi connectivity index (χ2n) is 5.00. The molecule has 0 spiro atoms. The van der Waals surface area contributed by atoms with Gasteiger partial charge in [0.15, 0.2) is 5.78 Å². The minimum atomic E-state index is -1.86. The van der Waals surface area contributed by atoms with Crippen LogP contribution in [0.3, 0.4) is 0 Å². The largest absolute Gasteiger partial charge is 2.00 e. The Morgan fingerprint density at radius 2 is 0.821 bits per heavy atom. The van der Waals surface area contributed by atoms with E-state index in [0.717, 1.165) is 36.4 Å². The molecule has 0 radical (unpaired) electrons. The van der Waals surface area contributed by atoms with Crippen molar-refractivity contribution in [3.8, 4) is 0 Å². The average molecular weight is 407 g/mol. The number of hydrogen-bond donors (Lipinski definition) is 0. The van der Waals surface area contributed by atoms with Crippen molar-refractivity contribution >= 4 is 75.8 Å². The molecule has 2 aromatic rings. The van der Waals surface area contributed by atoms with Gasteiger partial charge >= 0.3 is 46.1 Å². The summed E-state index contributed by atoms with van der Waals surface area (Å²) in [6.07, 6.45) is 0. The number of aromatic carboxylic acids is 4. The fourth-order valence-corrected chi connectivity index (χ4v) is 2.23. The van der Waals surface area contributed by atoms with Crippen molar-refractivity contribution in [2.75, 3.05) is 0 Å². The van der Waals surface area contributed by atoms with Gasteiger partial charge in [0.1, 0.15) is 0 Å². The Morgan fingerprint density at radius 1 is 0.536 bits per heavy atom. The van der Waals surface area contributed by atoms with Gasteiger partial charge in [0, 0.05) is 33.4 Å². The summed E-state index contributed by atoms with van der Waals surface area (Å²) < 4.78 is 0. The number of carboxylic acids is 4. The van der Waals surface area contributed by atoms with Crippen LogP contribution in [0.2, 0.25) is 0 Å². The average Bonchev–Trinajstić information content (AvgIpc) is 2.59. The molecule has 0 N–H and O–H groups in total. The standard InChI is InChI=1S/C17H10O9.2Mg.4H/c18-13(7-1-3-9(14(19)20)11(5-7)16(23)24)8-2-4-10(15(21)22)12(6-8)17(25)26;;;;;;/h1-6H,(H,19,20)(H,21,22)(H,23,24)(H,25,26);;;;;;/q;2*+2;4*-1/p-4. The Balaban J connectivity index is -0.000000405. The molecular formula is C17H10Mg2O9-4. The first-order valence-electron chi connectivity index (χ1n) is 6.81. The summed E-state index contributed by atoms with van der Waals surface area (Å²) in [5.41, 5.74) is -3.60. The summed E-state index contributed by atoms with van der Waals surface area (Å²) in [5.74, 6) is -8.19. The summed E-state index contributed by atoms with van der Waals surface area (Å²) in [4.78, 5) is 56.2. The monoisotopic (exact) mass is 406 g/mol. The van der Waals surface area contributed by atoms with Gasteiger partial charge < -0.3 is 45.3 Å². The van der Waals surface area contributed by atoms with E-state index in [-0.39, 0.29) is 62.9 Å². The molecule has 2 rings (SSSR count). The van der Waals surface area contributed by atoms with E-state index >= 15 is 0 Å². The van der Waals surface area contributed by atoms with Crippen LogP contribution in [0.15, 0.2) is 36.4 Å². The van der Waals surface area contributed by atoms with Crippen LogP contribution in [0, 0.1) is 0 Å². The van der Waals surface area contributed by atoms with Crippen LogP contribution in [-0.2, 0) is 0 Å². The molecule has 0 saturated carbocycles. The third-order valence-corrected chi connectivity index (χ3v) is 3.44. The Bertz CT molecular complexity index is 922. The number of hydrogen-bond acceptors (Lipinski definition) is 9. The molecule has 9 nitrogen and oxygen atoms in total. The molecule has 0 aliphatic rings. The third-order valence-electron chi connectivity index (χ3n) is 3.44. The van der Waals surface area contributed by atoms with E-state index in [0.29, 0.717) is 0 Å². The van der Waals surface area contributed by atoms with Crippen molar-refractivity contribution in [1.82, 2.24) is 0 Å². The summed E-state index contributed by atoms with van der Waals surface area (Å²) in [6, 6.07) is 5.09. The van der Waals surface area contributed by atoms with Crippen LogP contribution in [0.25, 0.3) is 0 Å². The Morgan fingerprint density at radius 3 is 1.07 bits per heavy atom. The van der Waals surface area contributed by atoms with E-state index in [9.17, 15) is 44.4 Å². The van der Waals surface area contributed by atoms with Crippen LogP contribution >= 0.6 is 0 Å². The van der Waals surface area contributed by atoms with Gasteiger partial charge in [-0.2, -0.15) is 0 Å². The Hall–Kier alpha value is -2.48. The van der Waals surface area contributed by atoms with Crippen molar-refractivity contribution in [3.05, 3.63) is 69.8 Å². The quantitative estimate of drug-likeness (QED) is 0.342. The van der Waals surface area contributed by atoms with Gasteiger partial charge in [-0.1, -0.05) is 24.3 Å². The zero-order valence-electron chi connectivity index (χ0n) is 18.1. The minimum absolute atomic E-state index is 0. The summed E-state index contributed by atoms with van der Waals surface area (Å²) >= 11 is 0. The molecule has 0 unspecified atom stereocenters. The molecule has 0 aromatic heterocycles. The summed E-state index contributed by atoms with van der Waals surface area (Å²) in [6.45, 7) is 0. The smallest absolute Gasteiger partial charge is 1.00 e.